The maximum atomic E-state index is 12.6. The normalized spacial score (nSPS) is 11.8. The molecule has 0 fully saturated rings. The third-order valence-corrected chi connectivity index (χ3v) is 2.87. The van der Waals surface area contributed by atoms with Crippen molar-refractivity contribution in [1.82, 2.24) is 25.5 Å². The Hall–Kier alpha value is -1.67. The van der Waals surface area contributed by atoms with Gasteiger partial charge in [-0.05, 0) is 35.2 Å². The monoisotopic (exact) mass is 305 g/mol. The summed E-state index contributed by atoms with van der Waals surface area (Å²) in [4.78, 5) is 0. The van der Waals surface area contributed by atoms with Crippen LogP contribution in [-0.2, 0) is 12.7 Å². The minimum Gasteiger partial charge on any atom is -0.310 e. The maximum absolute atomic E-state index is 12.6. The van der Waals surface area contributed by atoms with Gasteiger partial charge in [-0.25, -0.2) is 0 Å². The van der Waals surface area contributed by atoms with Crippen LogP contribution in [0.15, 0.2) is 18.2 Å². The molecule has 0 aliphatic heterocycles. The van der Waals surface area contributed by atoms with E-state index in [0.717, 1.165) is 12.1 Å². The Bertz CT molecular complexity index is 596. The summed E-state index contributed by atoms with van der Waals surface area (Å²) in [5, 5.41) is 14.0. The number of nitrogens with one attached hydrogen (secondary N) is 1. The summed E-state index contributed by atoms with van der Waals surface area (Å²) in [5.74, 6) is 0.466. The molecule has 1 heterocycles. The van der Waals surface area contributed by atoms with E-state index < -0.39 is 11.7 Å². The minimum absolute atomic E-state index is 0.0649. The quantitative estimate of drug-likeness (QED) is 0.942. The van der Waals surface area contributed by atoms with Crippen LogP contribution in [0.5, 0.6) is 0 Å². The van der Waals surface area contributed by atoms with Crippen LogP contribution in [0.25, 0.3) is 5.69 Å². The first-order valence-electron chi connectivity index (χ1n) is 5.78. The van der Waals surface area contributed by atoms with Gasteiger partial charge in [0.05, 0.1) is 22.8 Å². The highest BCUT2D eigenvalue weighted by molar-refractivity contribution is 6.32. The molecule has 9 heteroatoms. The number of hydrogen-bond donors (Lipinski definition) is 1. The lowest BCUT2D eigenvalue weighted by atomic mass is 10.2. The number of hydrogen-bond acceptors (Lipinski definition) is 4. The van der Waals surface area contributed by atoms with Gasteiger partial charge in [0, 0.05) is 0 Å². The molecule has 0 saturated carbocycles. The lowest BCUT2D eigenvalue weighted by Crippen LogP contribution is -2.16. The Morgan fingerprint density at radius 2 is 2.10 bits per heavy atom. The predicted molar refractivity (Wildman–Crippen MR) is 66.5 cm³/mol. The SMILES string of the molecule is CCNCc1nnnn1-c1ccc(C(F)(F)F)cc1Cl. The number of aromatic nitrogens is 4. The Labute approximate surface area is 117 Å². The lowest BCUT2D eigenvalue weighted by molar-refractivity contribution is -0.137. The number of rotatable bonds is 4. The van der Waals surface area contributed by atoms with Crippen molar-refractivity contribution >= 4 is 11.6 Å². The van der Waals surface area contributed by atoms with E-state index >= 15 is 0 Å². The number of nitrogens with zero attached hydrogens (tertiary/aromatic N) is 4. The standard InChI is InChI=1S/C11H11ClF3N5/c1-2-16-6-10-17-18-19-20(10)9-4-3-7(5-8(9)12)11(13,14)15/h3-5,16H,2,6H2,1H3. The second kappa shape index (κ2) is 5.76. The average molecular weight is 306 g/mol. The highest BCUT2D eigenvalue weighted by Crippen LogP contribution is 2.33. The molecule has 0 aliphatic rings. The van der Waals surface area contributed by atoms with Crippen LogP contribution in [-0.4, -0.2) is 26.8 Å². The van der Waals surface area contributed by atoms with E-state index in [2.05, 4.69) is 20.8 Å². The van der Waals surface area contributed by atoms with E-state index in [1.54, 1.807) is 0 Å². The number of benzene rings is 1. The van der Waals surface area contributed by atoms with Crippen LogP contribution in [0.4, 0.5) is 13.2 Å². The third kappa shape index (κ3) is 3.07. The number of alkyl halides is 3. The van der Waals surface area contributed by atoms with E-state index in [1.165, 1.54) is 10.7 Å². The number of halogens is 4. The lowest BCUT2D eigenvalue weighted by Gasteiger charge is -2.10. The fourth-order valence-corrected chi connectivity index (χ4v) is 1.86. The summed E-state index contributed by atoms with van der Waals surface area (Å²) in [7, 11) is 0. The smallest absolute Gasteiger partial charge is 0.310 e. The van der Waals surface area contributed by atoms with E-state index in [-0.39, 0.29) is 5.02 Å². The maximum Gasteiger partial charge on any atom is 0.416 e. The van der Waals surface area contributed by atoms with Crippen molar-refractivity contribution in [3.05, 3.63) is 34.6 Å². The topological polar surface area (TPSA) is 55.6 Å². The van der Waals surface area contributed by atoms with Crippen molar-refractivity contribution in [3.63, 3.8) is 0 Å². The van der Waals surface area contributed by atoms with Gasteiger partial charge >= 0.3 is 6.18 Å². The third-order valence-electron chi connectivity index (χ3n) is 2.57. The van der Waals surface area contributed by atoms with Crippen molar-refractivity contribution < 1.29 is 13.2 Å². The fraction of sp³-hybridized carbons (Fsp3) is 0.364. The highest BCUT2D eigenvalue weighted by atomic mass is 35.5. The molecule has 0 spiro atoms. The van der Waals surface area contributed by atoms with Crippen LogP contribution in [0, 0.1) is 0 Å². The molecule has 2 aromatic rings. The van der Waals surface area contributed by atoms with Gasteiger partial charge < -0.3 is 5.32 Å². The molecule has 0 saturated heterocycles. The zero-order valence-corrected chi connectivity index (χ0v) is 11.2. The van der Waals surface area contributed by atoms with Gasteiger partial charge in [-0.15, -0.1) is 5.10 Å². The van der Waals surface area contributed by atoms with Crippen LogP contribution < -0.4 is 5.32 Å². The summed E-state index contributed by atoms with van der Waals surface area (Å²) in [6.07, 6.45) is -4.44. The van der Waals surface area contributed by atoms with Gasteiger partial charge in [0.2, 0.25) is 0 Å². The van der Waals surface area contributed by atoms with Crippen LogP contribution in [0.1, 0.15) is 18.3 Å². The van der Waals surface area contributed by atoms with Gasteiger partial charge in [-0.2, -0.15) is 17.9 Å². The van der Waals surface area contributed by atoms with Gasteiger partial charge in [-0.1, -0.05) is 18.5 Å². The van der Waals surface area contributed by atoms with Crippen LogP contribution >= 0.6 is 11.6 Å². The van der Waals surface area contributed by atoms with Crippen molar-refractivity contribution in [2.45, 2.75) is 19.6 Å². The van der Waals surface area contributed by atoms with Crippen molar-refractivity contribution in [2.75, 3.05) is 6.54 Å². The molecule has 5 nitrogen and oxygen atoms in total. The van der Waals surface area contributed by atoms with Crippen molar-refractivity contribution in [2.24, 2.45) is 0 Å². The second-order valence-electron chi connectivity index (χ2n) is 3.95. The predicted octanol–water partition coefficient (Wildman–Crippen LogP) is 2.44. The summed E-state index contributed by atoms with van der Waals surface area (Å²) in [6, 6.07) is 3.05. The van der Waals surface area contributed by atoms with E-state index in [1.807, 2.05) is 6.92 Å². The Morgan fingerprint density at radius 3 is 2.70 bits per heavy atom. The van der Waals surface area contributed by atoms with E-state index in [0.29, 0.717) is 24.6 Å². The first-order chi connectivity index (χ1) is 9.43. The molecular weight excluding hydrogens is 295 g/mol. The molecule has 0 unspecified atom stereocenters. The Kier molecular flexibility index (Phi) is 4.24. The fourth-order valence-electron chi connectivity index (χ4n) is 1.59. The zero-order valence-electron chi connectivity index (χ0n) is 10.4. The zero-order chi connectivity index (χ0) is 14.8. The molecule has 2 rings (SSSR count). The molecule has 0 atom stereocenters. The summed E-state index contributed by atoms with van der Waals surface area (Å²) in [5.41, 5.74) is -0.509. The van der Waals surface area contributed by atoms with Crippen molar-refractivity contribution in [3.8, 4) is 5.69 Å². The minimum atomic E-state index is -4.44. The molecular formula is C11H11ClF3N5. The first kappa shape index (κ1) is 14.7. The summed E-state index contributed by atoms with van der Waals surface area (Å²) < 4.78 is 39.0. The molecule has 1 aromatic heterocycles. The highest BCUT2D eigenvalue weighted by Gasteiger charge is 2.31. The largest absolute Gasteiger partial charge is 0.416 e. The van der Waals surface area contributed by atoms with Crippen LogP contribution in [0.3, 0.4) is 0 Å². The molecule has 0 radical (unpaired) electrons. The van der Waals surface area contributed by atoms with Gasteiger partial charge in [0.15, 0.2) is 5.82 Å². The summed E-state index contributed by atoms with van der Waals surface area (Å²) >= 11 is 5.90. The van der Waals surface area contributed by atoms with E-state index in [4.69, 9.17) is 11.6 Å². The van der Waals surface area contributed by atoms with Crippen LogP contribution in [0.2, 0.25) is 5.02 Å². The second-order valence-corrected chi connectivity index (χ2v) is 4.36. The van der Waals surface area contributed by atoms with Gasteiger partial charge in [-0.3, -0.25) is 0 Å². The molecule has 108 valence electrons. The van der Waals surface area contributed by atoms with Gasteiger partial charge in [0.25, 0.3) is 0 Å². The Morgan fingerprint density at radius 1 is 1.35 bits per heavy atom. The average Bonchev–Trinajstić information content (AvgIpc) is 2.83. The first-order valence-corrected chi connectivity index (χ1v) is 6.16. The molecule has 1 N–H and O–H groups in total. The summed E-state index contributed by atoms with van der Waals surface area (Å²) in [6.45, 7) is 3.02. The Balaban J connectivity index is 2.37. The molecule has 0 bridgehead atoms. The molecule has 0 amide bonds. The van der Waals surface area contributed by atoms with Gasteiger partial charge in [0.1, 0.15) is 0 Å². The number of tetrazole rings is 1. The molecule has 20 heavy (non-hydrogen) atoms. The molecule has 0 aliphatic carbocycles. The molecule has 1 aromatic carbocycles. The van der Waals surface area contributed by atoms with Crippen molar-refractivity contribution in [1.29, 1.82) is 0 Å². The van der Waals surface area contributed by atoms with E-state index in [9.17, 15) is 13.2 Å².